The van der Waals surface area contributed by atoms with Crippen molar-refractivity contribution in [2.24, 2.45) is 0 Å². The van der Waals surface area contributed by atoms with Crippen LogP contribution in [0.15, 0.2) is 36.5 Å². The first-order chi connectivity index (χ1) is 7.75. The Labute approximate surface area is 92.9 Å². The number of carbonyl (C=O) groups is 1. The highest BCUT2D eigenvalue weighted by molar-refractivity contribution is 5.81. The second-order valence-corrected chi connectivity index (χ2v) is 3.48. The Morgan fingerprint density at radius 3 is 3.06 bits per heavy atom. The van der Waals surface area contributed by atoms with Gasteiger partial charge in [-0.15, -0.1) is 0 Å². The Balaban J connectivity index is 2.10. The van der Waals surface area contributed by atoms with Gasteiger partial charge in [0.05, 0.1) is 11.9 Å². The average Bonchev–Trinajstić information content (AvgIpc) is 2.28. The highest BCUT2D eigenvalue weighted by atomic mass is 16.4. The summed E-state index contributed by atoms with van der Waals surface area (Å²) in [5, 5.41) is 12.6. The van der Waals surface area contributed by atoms with Crippen molar-refractivity contribution in [2.75, 3.05) is 11.9 Å². The van der Waals surface area contributed by atoms with Crippen LogP contribution in [0.25, 0.3) is 10.9 Å². The van der Waals surface area contributed by atoms with E-state index < -0.39 is 5.97 Å². The van der Waals surface area contributed by atoms with Crippen molar-refractivity contribution in [3.8, 4) is 0 Å². The molecule has 2 rings (SSSR count). The van der Waals surface area contributed by atoms with Crippen LogP contribution in [0, 0.1) is 0 Å². The lowest BCUT2D eigenvalue weighted by Crippen LogP contribution is -2.07. The maximum absolute atomic E-state index is 10.3. The van der Waals surface area contributed by atoms with Crippen LogP contribution in [0.1, 0.15) is 6.42 Å². The number of hydrogen-bond donors (Lipinski definition) is 2. The van der Waals surface area contributed by atoms with E-state index in [1.54, 1.807) is 6.20 Å². The molecule has 0 spiro atoms. The minimum atomic E-state index is -0.800. The quantitative estimate of drug-likeness (QED) is 0.821. The summed E-state index contributed by atoms with van der Waals surface area (Å²) in [6.45, 7) is 0.424. The van der Waals surface area contributed by atoms with Gasteiger partial charge in [0.2, 0.25) is 0 Å². The minimum absolute atomic E-state index is 0.111. The lowest BCUT2D eigenvalue weighted by molar-refractivity contribution is -0.136. The normalized spacial score (nSPS) is 10.2. The fourth-order valence-corrected chi connectivity index (χ4v) is 1.49. The van der Waals surface area contributed by atoms with Crippen LogP contribution in [-0.2, 0) is 4.79 Å². The molecule has 0 aliphatic heterocycles. The van der Waals surface area contributed by atoms with Gasteiger partial charge in [0, 0.05) is 23.8 Å². The summed E-state index contributed by atoms with van der Waals surface area (Å²) >= 11 is 0. The monoisotopic (exact) mass is 216 g/mol. The van der Waals surface area contributed by atoms with Crippen molar-refractivity contribution < 1.29 is 9.90 Å². The molecule has 2 N–H and O–H groups in total. The number of carboxylic acids is 1. The summed E-state index contributed by atoms with van der Waals surface area (Å²) in [7, 11) is 0. The van der Waals surface area contributed by atoms with Gasteiger partial charge in [-0.25, -0.2) is 0 Å². The summed E-state index contributed by atoms with van der Waals surface area (Å²) in [5.74, 6) is -0.800. The maximum atomic E-state index is 10.3. The number of benzene rings is 1. The van der Waals surface area contributed by atoms with E-state index in [0.717, 1.165) is 16.6 Å². The van der Waals surface area contributed by atoms with Crippen LogP contribution in [0.3, 0.4) is 0 Å². The lowest BCUT2D eigenvalue weighted by atomic mass is 10.2. The van der Waals surface area contributed by atoms with Crippen molar-refractivity contribution in [3.63, 3.8) is 0 Å². The molecular weight excluding hydrogens is 204 g/mol. The van der Waals surface area contributed by atoms with Crippen LogP contribution in [0.2, 0.25) is 0 Å². The zero-order chi connectivity index (χ0) is 11.4. The van der Waals surface area contributed by atoms with Crippen molar-refractivity contribution in [1.82, 2.24) is 4.98 Å². The Morgan fingerprint density at radius 2 is 2.25 bits per heavy atom. The first-order valence-electron chi connectivity index (χ1n) is 5.06. The molecule has 4 nitrogen and oxygen atoms in total. The number of aromatic nitrogens is 1. The molecule has 1 aromatic heterocycles. The van der Waals surface area contributed by atoms with Crippen LogP contribution in [-0.4, -0.2) is 22.6 Å². The summed E-state index contributed by atoms with van der Waals surface area (Å²) in [5.41, 5.74) is 1.80. The van der Waals surface area contributed by atoms with Gasteiger partial charge in [0.25, 0.3) is 0 Å². The van der Waals surface area contributed by atoms with Gasteiger partial charge in [-0.1, -0.05) is 12.1 Å². The second kappa shape index (κ2) is 4.61. The molecule has 0 bridgehead atoms. The van der Waals surface area contributed by atoms with Crippen LogP contribution < -0.4 is 5.32 Å². The maximum Gasteiger partial charge on any atom is 0.305 e. The Hall–Kier alpha value is -2.10. The molecular formula is C12H12N2O2. The minimum Gasteiger partial charge on any atom is -0.481 e. The summed E-state index contributed by atoms with van der Waals surface area (Å²) < 4.78 is 0. The molecule has 0 aliphatic rings. The van der Waals surface area contributed by atoms with E-state index in [4.69, 9.17) is 5.11 Å². The standard InChI is InChI=1S/C12H12N2O2/c15-12(16)5-7-13-10-4-3-9-2-1-6-14-11(9)8-10/h1-4,6,8,13H,5,7H2,(H,15,16). The predicted octanol–water partition coefficient (Wildman–Crippen LogP) is 2.12. The second-order valence-electron chi connectivity index (χ2n) is 3.48. The third kappa shape index (κ3) is 2.48. The fraction of sp³-hybridized carbons (Fsp3) is 0.167. The van der Waals surface area contributed by atoms with Crippen molar-refractivity contribution >= 4 is 22.6 Å². The van der Waals surface area contributed by atoms with E-state index in [0.29, 0.717) is 6.54 Å². The van der Waals surface area contributed by atoms with Gasteiger partial charge >= 0.3 is 5.97 Å². The number of pyridine rings is 1. The molecule has 4 heteroatoms. The highest BCUT2D eigenvalue weighted by Crippen LogP contribution is 2.16. The molecule has 0 atom stereocenters. The zero-order valence-electron chi connectivity index (χ0n) is 8.68. The molecule has 0 fully saturated rings. The molecule has 1 heterocycles. The van der Waals surface area contributed by atoms with Crippen molar-refractivity contribution in [3.05, 3.63) is 36.5 Å². The van der Waals surface area contributed by atoms with E-state index >= 15 is 0 Å². The smallest absolute Gasteiger partial charge is 0.305 e. The summed E-state index contributed by atoms with van der Waals surface area (Å²) in [4.78, 5) is 14.6. The van der Waals surface area contributed by atoms with Gasteiger partial charge < -0.3 is 10.4 Å². The van der Waals surface area contributed by atoms with E-state index in [1.165, 1.54) is 0 Å². The Morgan fingerprint density at radius 1 is 1.38 bits per heavy atom. The topological polar surface area (TPSA) is 62.2 Å². The molecule has 1 aromatic carbocycles. The predicted molar refractivity (Wildman–Crippen MR) is 62.5 cm³/mol. The summed E-state index contributed by atoms with van der Waals surface area (Å²) in [6.07, 6.45) is 1.85. The van der Waals surface area contributed by atoms with Gasteiger partial charge in [-0.3, -0.25) is 9.78 Å². The van der Waals surface area contributed by atoms with Crippen LogP contribution >= 0.6 is 0 Å². The molecule has 0 saturated carbocycles. The third-order valence-electron chi connectivity index (χ3n) is 2.27. The molecule has 0 radical (unpaired) electrons. The largest absolute Gasteiger partial charge is 0.481 e. The molecule has 0 aliphatic carbocycles. The molecule has 0 amide bonds. The zero-order valence-corrected chi connectivity index (χ0v) is 8.68. The van der Waals surface area contributed by atoms with E-state index in [9.17, 15) is 4.79 Å². The number of nitrogens with one attached hydrogen (secondary N) is 1. The van der Waals surface area contributed by atoms with Crippen molar-refractivity contribution in [2.45, 2.75) is 6.42 Å². The van der Waals surface area contributed by atoms with Crippen molar-refractivity contribution in [1.29, 1.82) is 0 Å². The van der Waals surface area contributed by atoms with Crippen LogP contribution in [0.5, 0.6) is 0 Å². The van der Waals surface area contributed by atoms with Gasteiger partial charge in [0.15, 0.2) is 0 Å². The van der Waals surface area contributed by atoms with Crippen LogP contribution in [0.4, 0.5) is 5.69 Å². The molecule has 82 valence electrons. The number of hydrogen-bond acceptors (Lipinski definition) is 3. The number of carboxylic acid groups (broad SMARTS) is 1. The molecule has 16 heavy (non-hydrogen) atoms. The molecule has 0 unspecified atom stereocenters. The van der Waals surface area contributed by atoms with Gasteiger partial charge in [0.1, 0.15) is 0 Å². The number of anilines is 1. The number of fused-ring (bicyclic) bond motifs is 1. The highest BCUT2D eigenvalue weighted by Gasteiger charge is 1.98. The van der Waals surface area contributed by atoms with Gasteiger partial charge in [-0.2, -0.15) is 0 Å². The number of nitrogens with zero attached hydrogens (tertiary/aromatic N) is 1. The number of rotatable bonds is 4. The van der Waals surface area contributed by atoms with E-state index in [1.807, 2.05) is 30.3 Å². The lowest BCUT2D eigenvalue weighted by Gasteiger charge is -2.05. The third-order valence-corrected chi connectivity index (χ3v) is 2.27. The Kier molecular flexibility index (Phi) is 3.00. The summed E-state index contributed by atoms with van der Waals surface area (Å²) in [6, 6.07) is 9.68. The van der Waals surface area contributed by atoms with E-state index in [-0.39, 0.29) is 6.42 Å². The number of aliphatic carboxylic acids is 1. The SMILES string of the molecule is O=C(O)CCNc1ccc2cccnc2c1. The first-order valence-corrected chi connectivity index (χ1v) is 5.06. The van der Waals surface area contributed by atoms with Gasteiger partial charge in [-0.05, 0) is 18.2 Å². The first kappa shape index (κ1) is 10.4. The molecule has 0 saturated heterocycles. The fourth-order valence-electron chi connectivity index (χ4n) is 1.49. The van der Waals surface area contributed by atoms with E-state index in [2.05, 4.69) is 10.3 Å². The average molecular weight is 216 g/mol. The Bertz CT molecular complexity index is 511. The molecule has 2 aromatic rings.